The van der Waals surface area contributed by atoms with Crippen LogP contribution in [0.5, 0.6) is 0 Å². The van der Waals surface area contributed by atoms with Crippen LogP contribution in [-0.4, -0.2) is 36.8 Å². The van der Waals surface area contributed by atoms with Crippen LogP contribution in [0.25, 0.3) is 6.08 Å². The summed E-state index contributed by atoms with van der Waals surface area (Å²) in [6.07, 6.45) is 5.90. The Balaban J connectivity index is 1.37. The third kappa shape index (κ3) is 4.73. The van der Waals surface area contributed by atoms with Gasteiger partial charge in [-0.3, -0.25) is 9.63 Å². The monoisotopic (exact) mass is 443 g/mol. The summed E-state index contributed by atoms with van der Waals surface area (Å²) in [5.74, 6) is -0.0660. The van der Waals surface area contributed by atoms with Crippen molar-refractivity contribution in [2.45, 2.75) is 25.7 Å². The largest absolute Gasteiger partial charge is 0.448 e. The molecule has 1 fully saturated rings. The van der Waals surface area contributed by atoms with Crippen LogP contribution >= 0.6 is 22.7 Å². The predicted octanol–water partition coefficient (Wildman–Crippen LogP) is 4.21. The van der Waals surface area contributed by atoms with Crippen LogP contribution < -0.4 is 5.32 Å². The van der Waals surface area contributed by atoms with Gasteiger partial charge in [-0.15, -0.1) is 11.3 Å². The van der Waals surface area contributed by atoms with E-state index in [1.54, 1.807) is 17.4 Å². The highest BCUT2D eigenvalue weighted by molar-refractivity contribution is 7.16. The number of carbonyl (C=O) groups is 2. The summed E-state index contributed by atoms with van der Waals surface area (Å²) in [5.41, 5.74) is 2.52. The van der Waals surface area contributed by atoms with Gasteiger partial charge in [0.2, 0.25) is 5.91 Å². The molecule has 0 spiro atoms. The van der Waals surface area contributed by atoms with Gasteiger partial charge in [0.25, 0.3) is 0 Å². The minimum Gasteiger partial charge on any atom is -0.448 e. The molecular weight excluding hydrogens is 422 g/mol. The number of nitriles is 1. The lowest BCUT2D eigenvalue weighted by molar-refractivity contribution is -0.111. The maximum Gasteiger partial charge on any atom is 0.433 e. The lowest BCUT2D eigenvalue weighted by Gasteiger charge is -2.23. The van der Waals surface area contributed by atoms with Gasteiger partial charge in [0.05, 0.1) is 25.3 Å². The first-order chi connectivity index (χ1) is 14.6. The van der Waals surface area contributed by atoms with Crippen molar-refractivity contribution in [1.82, 2.24) is 5.06 Å². The van der Waals surface area contributed by atoms with Crippen LogP contribution in [0.1, 0.15) is 34.4 Å². The predicted molar refractivity (Wildman–Crippen MR) is 115 cm³/mol. The number of nitrogens with zero attached hydrogens (tertiary/aromatic N) is 2. The van der Waals surface area contributed by atoms with E-state index in [1.165, 1.54) is 22.5 Å². The Hall–Kier alpha value is -2.67. The number of hydrogen-bond donors (Lipinski definition) is 1. The minimum atomic E-state index is -0.437. The molecule has 2 aliphatic rings. The summed E-state index contributed by atoms with van der Waals surface area (Å²) in [6.45, 7) is 1.43. The fourth-order valence-electron chi connectivity index (χ4n) is 3.55. The van der Waals surface area contributed by atoms with E-state index in [0.29, 0.717) is 30.3 Å². The van der Waals surface area contributed by atoms with Crippen LogP contribution in [-0.2, 0) is 27.2 Å². The number of amides is 2. The number of ether oxygens (including phenoxy) is 1. The topological polar surface area (TPSA) is 91.7 Å². The summed E-state index contributed by atoms with van der Waals surface area (Å²) < 4.78 is 5.40. The fraction of sp³-hybridized carbons (Fsp3) is 0.381. The van der Waals surface area contributed by atoms with E-state index in [9.17, 15) is 14.9 Å². The number of hydrogen-bond acceptors (Lipinski definition) is 7. The highest BCUT2D eigenvalue weighted by Crippen LogP contribution is 2.39. The number of nitrogens with one attached hydrogen (secondary N) is 1. The second kappa shape index (κ2) is 9.43. The molecule has 0 radical (unpaired) electrons. The molecule has 3 heterocycles. The second-order valence-electron chi connectivity index (χ2n) is 7.17. The van der Waals surface area contributed by atoms with Gasteiger partial charge in [-0.2, -0.15) is 21.7 Å². The molecule has 1 N–H and O–H groups in total. The molecule has 0 aromatic carbocycles. The van der Waals surface area contributed by atoms with Gasteiger partial charge in [-0.25, -0.2) is 4.79 Å². The van der Waals surface area contributed by atoms with Crippen molar-refractivity contribution in [1.29, 1.82) is 5.26 Å². The Morgan fingerprint density at radius 3 is 3.10 bits per heavy atom. The van der Waals surface area contributed by atoms with Crippen molar-refractivity contribution in [2.24, 2.45) is 5.92 Å². The molecule has 9 heteroatoms. The normalized spacial score (nSPS) is 18.2. The van der Waals surface area contributed by atoms with Crippen molar-refractivity contribution in [3.8, 4) is 6.07 Å². The van der Waals surface area contributed by atoms with Crippen LogP contribution in [0.3, 0.4) is 0 Å². The third-order valence-corrected chi connectivity index (χ3v) is 6.96. The van der Waals surface area contributed by atoms with E-state index in [1.807, 2.05) is 16.8 Å². The van der Waals surface area contributed by atoms with E-state index in [4.69, 9.17) is 9.57 Å². The van der Waals surface area contributed by atoms with Crippen molar-refractivity contribution in [2.75, 3.05) is 25.1 Å². The van der Waals surface area contributed by atoms with Gasteiger partial charge in [0.15, 0.2) is 0 Å². The summed E-state index contributed by atoms with van der Waals surface area (Å²) in [6, 6.07) is 4.18. The Morgan fingerprint density at radius 1 is 1.47 bits per heavy atom. The van der Waals surface area contributed by atoms with Crippen molar-refractivity contribution in [3.05, 3.63) is 44.5 Å². The first kappa shape index (κ1) is 20.6. The van der Waals surface area contributed by atoms with Gasteiger partial charge in [-0.05, 0) is 65.6 Å². The zero-order valence-electron chi connectivity index (χ0n) is 16.3. The number of anilines is 1. The second-order valence-corrected chi connectivity index (χ2v) is 9.06. The zero-order chi connectivity index (χ0) is 20.9. The maximum atomic E-state index is 12.3. The SMILES string of the molecule is N#Cc1c(NC(=O)/C=C/c2ccsc2)sc2c1CCC(COC(=O)N1CCCO1)C2. The Bertz CT molecular complexity index is 985. The molecule has 7 nitrogen and oxygen atoms in total. The fourth-order valence-corrected chi connectivity index (χ4v) is 5.49. The quantitative estimate of drug-likeness (QED) is 0.699. The Labute approximate surface area is 182 Å². The first-order valence-corrected chi connectivity index (χ1v) is 11.5. The van der Waals surface area contributed by atoms with Crippen LogP contribution in [0.2, 0.25) is 0 Å². The maximum absolute atomic E-state index is 12.3. The van der Waals surface area contributed by atoms with Gasteiger partial charge < -0.3 is 10.1 Å². The zero-order valence-corrected chi connectivity index (χ0v) is 17.9. The summed E-state index contributed by atoms with van der Waals surface area (Å²) >= 11 is 3.01. The summed E-state index contributed by atoms with van der Waals surface area (Å²) in [5, 5.41) is 18.2. The highest BCUT2D eigenvalue weighted by Gasteiger charge is 2.28. The molecule has 1 unspecified atom stereocenters. The summed E-state index contributed by atoms with van der Waals surface area (Å²) in [7, 11) is 0. The molecule has 2 aromatic rings. The van der Waals surface area contributed by atoms with Crippen LogP contribution in [0, 0.1) is 17.2 Å². The van der Waals surface area contributed by atoms with E-state index in [-0.39, 0.29) is 11.8 Å². The molecule has 1 aliphatic heterocycles. The van der Waals surface area contributed by atoms with E-state index in [0.717, 1.165) is 41.7 Å². The lowest BCUT2D eigenvalue weighted by Crippen LogP contribution is -2.30. The first-order valence-electron chi connectivity index (χ1n) is 9.77. The number of carbonyl (C=O) groups excluding carboxylic acids is 2. The van der Waals surface area contributed by atoms with Gasteiger partial charge in [-0.1, -0.05) is 0 Å². The van der Waals surface area contributed by atoms with E-state index < -0.39 is 6.09 Å². The third-order valence-electron chi connectivity index (χ3n) is 5.09. The van der Waals surface area contributed by atoms with Crippen LogP contribution in [0.15, 0.2) is 22.9 Å². The Morgan fingerprint density at radius 2 is 2.37 bits per heavy atom. The van der Waals surface area contributed by atoms with Crippen molar-refractivity contribution >= 4 is 45.8 Å². The molecule has 0 bridgehead atoms. The lowest BCUT2D eigenvalue weighted by atomic mass is 9.88. The average Bonchev–Trinajstić information content (AvgIpc) is 3.51. The van der Waals surface area contributed by atoms with Gasteiger partial charge >= 0.3 is 6.09 Å². The molecule has 1 saturated heterocycles. The average molecular weight is 444 g/mol. The molecule has 156 valence electrons. The van der Waals surface area contributed by atoms with Crippen LogP contribution in [0.4, 0.5) is 9.80 Å². The van der Waals surface area contributed by atoms with Crippen molar-refractivity contribution in [3.63, 3.8) is 0 Å². The molecule has 30 heavy (non-hydrogen) atoms. The molecule has 2 aromatic heterocycles. The number of hydroxylamine groups is 2. The molecular formula is C21H21N3O4S2. The molecule has 2 amide bonds. The number of thiophene rings is 2. The standard InChI is InChI=1S/C21H21N3O4S2/c22-11-17-16-4-2-15(12-27-21(26)24-7-1-8-28-24)10-18(16)30-20(17)23-19(25)5-3-14-6-9-29-13-14/h3,5-6,9,13,15H,1-2,4,7-8,10,12H2,(H,23,25)/b5-3+. The molecule has 1 atom stereocenters. The molecule has 0 saturated carbocycles. The smallest absolute Gasteiger partial charge is 0.433 e. The van der Waals surface area contributed by atoms with Gasteiger partial charge in [0.1, 0.15) is 11.1 Å². The number of fused-ring (bicyclic) bond motifs is 1. The molecule has 4 rings (SSSR count). The minimum absolute atomic E-state index is 0.191. The Kier molecular flexibility index (Phi) is 6.47. The highest BCUT2D eigenvalue weighted by atomic mass is 32.1. The molecule has 1 aliphatic carbocycles. The van der Waals surface area contributed by atoms with E-state index >= 15 is 0 Å². The van der Waals surface area contributed by atoms with E-state index in [2.05, 4.69) is 11.4 Å². The number of rotatable bonds is 5. The van der Waals surface area contributed by atoms with Gasteiger partial charge in [0, 0.05) is 11.0 Å². The van der Waals surface area contributed by atoms with Crippen molar-refractivity contribution < 1.29 is 19.2 Å². The summed E-state index contributed by atoms with van der Waals surface area (Å²) in [4.78, 5) is 30.6.